The predicted octanol–water partition coefficient (Wildman–Crippen LogP) is 4.63. The Morgan fingerprint density at radius 3 is 2.67 bits per heavy atom. The van der Waals surface area contributed by atoms with Crippen LogP contribution in [0.25, 0.3) is 0 Å². The summed E-state index contributed by atoms with van der Waals surface area (Å²) in [4.78, 5) is 1.41. The summed E-state index contributed by atoms with van der Waals surface area (Å²) >= 11 is 11.2. The average molecular weight is 268 g/mol. The summed E-state index contributed by atoms with van der Waals surface area (Å²) < 4.78 is 1.22. The molecule has 2 unspecified atom stereocenters. The van der Waals surface area contributed by atoms with Gasteiger partial charge >= 0.3 is 0 Å². The molecule has 0 amide bonds. The van der Waals surface area contributed by atoms with Gasteiger partial charge in [0.05, 0.1) is 0 Å². The number of alkyl halides is 1. The Labute approximate surface area is 91.1 Å². The molecule has 0 radical (unpaired) electrons. The van der Waals surface area contributed by atoms with Crippen molar-refractivity contribution in [1.82, 2.24) is 0 Å². The Kier molecular flexibility index (Phi) is 4.08. The van der Waals surface area contributed by atoms with Gasteiger partial charge in [-0.05, 0) is 46.6 Å². The highest BCUT2D eigenvalue weighted by molar-refractivity contribution is 9.10. The minimum Gasteiger partial charge on any atom is -0.147 e. The van der Waals surface area contributed by atoms with Crippen LogP contribution in [0.15, 0.2) is 15.9 Å². The lowest BCUT2D eigenvalue weighted by atomic mass is 10.0. The molecule has 0 saturated carbocycles. The van der Waals surface area contributed by atoms with E-state index >= 15 is 0 Å². The Balaban J connectivity index is 2.65. The molecule has 1 aromatic heterocycles. The van der Waals surface area contributed by atoms with E-state index < -0.39 is 0 Å². The first kappa shape index (κ1) is 10.6. The summed E-state index contributed by atoms with van der Waals surface area (Å²) in [6, 6.07) is 2.09. The second-order valence-corrected chi connectivity index (χ2v) is 5.60. The lowest BCUT2D eigenvalue weighted by Crippen LogP contribution is -1.99. The van der Waals surface area contributed by atoms with Crippen LogP contribution in [0.1, 0.15) is 31.1 Å². The topological polar surface area (TPSA) is 0 Å². The zero-order valence-electron chi connectivity index (χ0n) is 7.18. The van der Waals surface area contributed by atoms with Crippen molar-refractivity contribution >= 4 is 38.9 Å². The van der Waals surface area contributed by atoms with Crippen molar-refractivity contribution in [2.45, 2.75) is 31.6 Å². The molecule has 0 aliphatic carbocycles. The maximum absolute atomic E-state index is 5.93. The normalized spacial score (nSPS) is 16.0. The molecule has 1 aromatic rings. The van der Waals surface area contributed by atoms with Gasteiger partial charge in [0, 0.05) is 14.7 Å². The zero-order chi connectivity index (χ0) is 9.14. The van der Waals surface area contributed by atoms with Crippen LogP contribution in [-0.2, 0) is 0 Å². The molecule has 1 rings (SSSR count). The number of thiophene rings is 1. The quantitative estimate of drug-likeness (QED) is 0.700. The highest BCUT2D eigenvalue weighted by atomic mass is 79.9. The molecule has 12 heavy (non-hydrogen) atoms. The second kappa shape index (κ2) is 4.64. The third kappa shape index (κ3) is 2.75. The molecule has 0 saturated heterocycles. The van der Waals surface area contributed by atoms with Crippen molar-refractivity contribution in [1.29, 1.82) is 0 Å². The van der Waals surface area contributed by atoms with E-state index in [1.165, 1.54) is 9.35 Å². The molecule has 3 heteroatoms. The summed E-state index contributed by atoms with van der Waals surface area (Å²) in [6.07, 6.45) is 1.04. The molecule has 1 heterocycles. The van der Waals surface area contributed by atoms with E-state index in [9.17, 15) is 0 Å². The van der Waals surface area contributed by atoms with Crippen molar-refractivity contribution in [2.24, 2.45) is 0 Å². The van der Waals surface area contributed by atoms with Gasteiger partial charge in [-0.3, -0.25) is 0 Å². The molecule has 0 spiro atoms. The summed E-state index contributed by atoms with van der Waals surface area (Å²) in [5, 5.41) is 2.36. The van der Waals surface area contributed by atoms with E-state index in [1.807, 2.05) is 6.92 Å². The smallest absolute Gasteiger partial charge is 0.0317 e. The van der Waals surface area contributed by atoms with Crippen LogP contribution < -0.4 is 0 Å². The first-order valence-electron chi connectivity index (χ1n) is 3.98. The lowest BCUT2D eigenvalue weighted by Gasteiger charge is -2.11. The summed E-state index contributed by atoms with van der Waals surface area (Å²) in [5.41, 5.74) is 0. The molecular formula is C9H12BrClS. The Morgan fingerprint density at radius 1 is 1.58 bits per heavy atom. The second-order valence-electron chi connectivity index (χ2n) is 3.05. The number of halogens is 2. The van der Waals surface area contributed by atoms with Gasteiger partial charge in [0.15, 0.2) is 0 Å². The lowest BCUT2D eigenvalue weighted by molar-refractivity contribution is 0.679. The van der Waals surface area contributed by atoms with Gasteiger partial charge in [-0.15, -0.1) is 22.9 Å². The highest BCUT2D eigenvalue weighted by Crippen LogP contribution is 2.33. The van der Waals surface area contributed by atoms with Gasteiger partial charge in [0.2, 0.25) is 0 Å². The largest absolute Gasteiger partial charge is 0.147 e. The van der Waals surface area contributed by atoms with Gasteiger partial charge < -0.3 is 0 Å². The van der Waals surface area contributed by atoms with E-state index in [0.717, 1.165) is 6.42 Å². The first-order valence-corrected chi connectivity index (χ1v) is 6.09. The standard InChI is InChI=1S/C9H12BrClS/c1-6(5-7(2)11)9-8(10)3-4-12-9/h3-4,6-7H,5H2,1-2H3. The molecule has 0 N–H and O–H groups in total. The first-order chi connectivity index (χ1) is 5.61. The maximum atomic E-state index is 5.93. The number of hydrogen-bond donors (Lipinski definition) is 0. The fraction of sp³-hybridized carbons (Fsp3) is 0.556. The van der Waals surface area contributed by atoms with Crippen LogP contribution >= 0.6 is 38.9 Å². The van der Waals surface area contributed by atoms with E-state index in [2.05, 4.69) is 34.3 Å². The van der Waals surface area contributed by atoms with Crippen LogP contribution in [0.5, 0.6) is 0 Å². The van der Waals surface area contributed by atoms with E-state index in [1.54, 1.807) is 11.3 Å². The van der Waals surface area contributed by atoms with Crippen LogP contribution in [0.3, 0.4) is 0 Å². The molecule has 0 fully saturated rings. The molecule has 0 aromatic carbocycles. The SMILES string of the molecule is CC(Cl)CC(C)c1sccc1Br. The molecule has 0 nitrogen and oxygen atoms in total. The number of rotatable bonds is 3. The van der Waals surface area contributed by atoms with Gasteiger partial charge in [-0.2, -0.15) is 0 Å². The van der Waals surface area contributed by atoms with Crippen molar-refractivity contribution < 1.29 is 0 Å². The van der Waals surface area contributed by atoms with Crippen LogP contribution in [-0.4, -0.2) is 5.38 Å². The molecule has 2 atom stereocenters. The monoisotopic (exact) mass is 266 g/mol. The Morgan fingerprint density at radius 2 is 2.25 bits per heavy atom. The minimum absolute atomic E-state index is 0.258. The third-order valence-corrected chi connectivity index (χ3v) is 4.05. The van der Waals surface area contributed by atoms with Crippen LogP contribution in [0, 0.1) is 0 Å². The van der Waals surface area contributed by atoms with E-state index in [0.29, 0.717) is 5.92 Å². The van der Waals surface area contributed by atoms with Gasteiger partial charge in [0.25, 0.3) is 0 Å². The molecule has 0 aliphatic rings. The van der Waals surface area contributed by atoms with E-state index in [-0.39, 0.29) is 5.38 Å². The highest BCUT2D eigenvalue weighted by Gasteiger charge is 2.12. The van der Waals surface area contributed by atoms with Gasteiger partial charge in [-0.25, -0.2) is 0 Å². The van der Waals surface area contributed by atoms with Crippen molar-refractivity contribution in [3.63, 3.8) is 0 Å². The summed E-state index contributed by atoms with van der Waals surface area (Å²) in [7, 11) is 0. The Bertz CT molecular complexity index is 244. The number of hydrogen-bond acceptors (Lipinski definition) is 1. The zero-order valence-corrected chi connectivity index (χ0v) is 10.3. The molecule has 0 bridgehead atoms. The fourth-order valence-corrected chi connectivity index (χ4v) is 3.36. The van der Waals surface area contributed by atoms with Crippen LogP contribution in [0.2, 0.25) is 0 Å². The van der Waals surface area contributed by atoms with Gasteiger partial charge in [0.1, 0.15) is 0 Å². The molecule has 68 valence electrons. The molecular weight excluding hydrogens is 256 g/mol. The maximum Gasteiger partial charge on any atom is 0.0317 e. The predicted molar refractivity (Wildman–Crippen MR) is 60.4 cm³/mol. The Hall–Kier alpha value is 0.470. The summed E-state index contributed by atoms with van der Waals surface area (Å²) in [5.74, 6) is 0.562. The average Bonchev–Trinajstić information content (AvgIpc) is 2.33. The van der Waals surface area contributed by atoms with Crippen LogP contribution in [0.4, 0.5) is 0 Å². The van der Waals surface area contributed by atoms with Crippen molar-refractivity contribution in [3.05, 3.63) is 20.8 Å². The summed E-state index contributed by atoms with van der Waals surface area (Å²) in [6.45, 7) is 4.26. The third-order valence-electron chi connectivity index (χ3n) is 1.77. The van der Waals surface area contributed by atoms with Gasteiger partial charge in [-0.1, -0.05) is 6.92 Å². The minimum atomic E-state index is 0.258. The van der Waals surface area contributed by atoms with Crippen molar-refractivity contribution in [2.75, 3.05) is 0 Å². The fourth-order valence-electron chi connectivity index (χ4n) is 1.25. The van der Waals surface area contributed by atoms with E-state index in [4.69, 9.17) is 11.6 Å². The van der Waals surface area contributed by atoms with Crippen molar-refractivity contribution in [3.8, 4) is 0 Å². The molecule has 0 aliphatic heterocycles.